The summed E-state index contributed by atoms with van der Waals surface area (Å²) in [4.78, 5) is 32.5. The highest BCUT2D eigenvalue weighted by Crippen LogP contribution is 2.09. The number of hydrogen-bond donors (Lipinski definition) is 1. The lowest BCUT2D eigenvalue weighted by Gasteiger charge is -2.02. The van der Waals surface area contributed by atoms with Gasteiger partial charge < -0.3 is 5.32 Å². The quantitative estimate of drug-likeness (QED) is 0.494. The molecule has 0 aromatic heterocycles. The van der Waals surface area contributed by atoms with E-state index in [4.69, 9.17) is 0 Å². The lowest BCUT2D eigenvalue weighted by atomic mass is 10.1. The average Bonchev–Trinajstić information content (AvgIpc) is 2.30. The molecule has 1 aliphatic carbocycles. The molecule has 0 aromatic carbocycles. The van der Waals surface area contributed by atoms with E-state index in [-0.39, 0.29) is 0 Å². The second-order valence-electron chi connectivity index (χ2n) is 2.19. The third-order valence-electron chi connectivity index (χ3n) is 1.49. The first-order valence-electron chi connectivity index (χ1n) is 3.14. The molecule has 0 spiro atoms. The Kier molecular flexibility index (Phi) is 1.85. The van der Waals surface area contributed by atoms with Crippen LogP contribution in [0.4, 0.5) is 0 Å². The summed E-state index contributed by atoms with van der Waals surface area (Å²) in [5, 5.41) is 2.25. The van der Waals surface area contributed by atoms with Crippen LogP contribution in [0.2, 0.25) is 0 Å². The van der Waals surface area contributed by atoms with Crippen molar-refractivity contribution in [2.45, 2.75) is 0 Å². The average molecular weight is 153 g/mol. The molecule has 0 radical (unpaired) electrons. The zero-order chi connectivity index (χ0) is 8.43. The van der Waals surface area contributed by atoms with Crippen LogP contribution in [-0.4, -0.2) is 24.5 Å². The molecule has 1 N–H and O–H groups in total. The Balaban J connectivity index is 2.82. The molecule has 58 valence electrons. The van der Waals surface area contributed by atoms with Gasteiger partial charge in [-0.25, -0.2) is 0 Å². The lowest BCUT2D eigenvalue weighted by molar-refractivity contribution is -0.136. The largest absolute Gasteiger partial charge is 0.358 e. The van der Waals surface area contributed by atoms with E-state index < -0.39 is 23.4 Å². The molecule has 1 rings (SSSR count). The molecule has 0 unspecified atom stereocenters. The van der Waals surface area contributed by atoms with Gasteiger partial charge in [-0.1, -0.05) is 0 Å². The molecule has 0 aromatic rings. The number of allylic oxidation sites excluding steroid dienone is 2. The molecule has 0 atom stereocenters. The van der Waals surface area contributed by atoms with Crippen LogP contribution in [-0.2, 0) is 14.4 Å². The zero-order valence-corrected chi connectivity index (χ0v) is 5.96. The maximum atomic E-state index is 10.8. The second-order valence-corrected chi connectivity index (χ2v) is 2.19. The number of carbonyl (C=O) groups is 3. The Morgan fingerprint density at radius 1 is 1.36 bits per heavy atom. The van der Waals surface area contributed by atoms with Gasteiger partial charge in [0, 0.05) is 7.05 Å². The number of rotatable bonds is 1. The molecule has 0 saturated carbocycles. The van der Waals surface area contributed by atoms with Crippen molar-refractivity contribution in [1.29, 1.82) is 0 Å². The summed E-state index contributed by atoms with van der Waals surface area (Å²) in [5.74, 6) is -2.53. The summed E-state index contributed by atoms with van der Waals surface area (Å²) in [6.07, 6.45) is 2.25. The van der Waals surface area contributed by atoms with Crippen LogP contribution in [0.25, 0.3) is 0 Å². The van der Waals surface area contributed by atoms with E-state index in [0.717, 1.165) is 12.2 Å². The van der Waals surface area contributed by atoms with Gasteiger partial charge >= 0.3 is 0 Å². The summed E-state index contributed by atoms with van der Waals surface area (Å²) < 4.78 is 0. The SMILES string of the molecule is CNC(=O)C1C(=O)C=CC1=O. The van der Waals surface area contributed by atoms with Crippen LogP contribution in [0, 0.1) is 5.92 Å². The number of carbonyl (C=O) groups excluding carboxylic acids is 3. The highest BCUT2D eigenvalue weighted by Gasteiger charge is 2.33. The van der Waals surface area contributed by atoms with E-state index in [1.165, 1.54) is 7.05 Å². The third-order valence-corrected chi connectivity index (χ3v) is 1.49. The minimum Gasteiger partial charge on any atom is -0.358 e. The van der Waals surface area contributed by atoms with Crippen LogP contribution >= 0.6 is 0 Å². The molecule has 0 aliphatic heterocycles. The maximum absolute atomic E-state index is 10.8. The highest BCUT2D eigenvalue weighted by molar-refractivity contribution is 6.29. The number of ketones is 2. The minimum absolute atomic E-state index is 0.436. The van der Waals surface area contributed by atoms with E-state index in [1.807, 2.05) is 0 Å². The predicted octanol–water partition coefficient (Wildman–Crippen LogP) is -0.943. The van der Waals surface area contributed by atoms with E-state index in [2.05, 4.69) is 5.32 Å². The first-order valence-corrected chi connectivity index (χ1v) is 3.14. The van der Waals surface area contributed by atoms with Crippen molar-refractivity contribution in [2.24, 2.45) is 5.92 Å². The Hall–Kier alpha value is -1.45. The molecule has 11 heavy (non-hydrogen) atoms. The fourth-order valence-corrected chi connectivity index (χ4v) is 0.900. The van der Waals surface area contributed by atoms with Crippen molar-refractivity contribution < 1.29 is 14.4 Å². The Morgan fingerprint density at radius 2 is 1.82 bits per heavy atom. The topological polar surface area (TPSA) is 63.2 Å². The predicted molar refractivity (Wildman–Crippen MR) is 36.7 cm³/mol. The summed E-state index contributed by atoms with van der Waals surface area (Å²) in [5.41, 5.74) is 0. The van der Waals surface area contributed by atoms with Crippen LogP contribution in [0.5, 0.6) is 0 Å². The van der Waals surface area contributed by atoms with Gasteiger partial charge in [-0.05, 0) is 12.2 Å². The molecule has 0 saturated heterocycles. The van der Waals surface area contributed by atoms with Gasteiger partial charge in [0.15, 0.2) is 17.5 Å². The molecule has 1 aliphatic rings. The lowest BCUT2D eigenvalue weighted by Crippen LogP contribution is -2.34. The number of amides is 1. The van der Waals surface area contributed by atoms with Crippen molar-refractivity contribution >= 4 is 17.5 Å². The second kappa shape index (κ2) is 2.65. The summed E-state index contributed by atoms with van der Waals surface area (Å²) >= 11 is 0. The monoisotopic (exact) mass is 153 g/mol. The fourth-order valence-electron chi connectivity index (χ4n) is 0.900. The summed E-state index contributed by atoms with van der Waals surface area (Å²) in [7, 11) is 1.39. The molecule has 4 nitrogen and oxygen atoms in total. The molecule has 0 heterocycles. The van der Waals surface area contributed by atoms with Crippen molar-refractivity contribution in [3.8, 4) is 0 Å². The zero-order valence-electron chi connectivity index (χ0n) is 5.96. The Labute approximate surface area is 63.3 Å². The molecule has 0 fully saturated rings. The van der Waals surface area contributed by atoms with Gasteiger partial charge in [-0.15, -0.1) is 0 Å². The van der Waals surface area contributed by atoms with Crippen molar-refractivity contribution in [3.63, 3.8) is 0 Å². The van der Waals surface area contributed by atoms with Gasteiger partial charge in [-0.2, -0.15) is 0 Å². The molecular weight excluding hydrogens is 146 g/mol. The Morgan fingerprint density at radius 3 is 2.18 bits per heavy atom. The first-order chi connectivity index (χ1) is 5.16. The van der Waals surface area contributed by atoms with Crippen molar-refractivity contribution in [2.75, 3.05) is 7.05 Å². The van der Waals surface area contributed by atoms with Gasteiger partial charge in [0.25, 0.3) is 0 Å². The van der Waals surface area contributed by atoms with Crippen LogP contribution in [0.15, 0.2) is 12.2 Å². The minimum atomic E-state index is -1.13. The molecule has 4 heteroatoms. The van der Waals surface area contributed by atoms with Crippen molar-refractivity contribution in [3.05, 3.63) is 12.2 Å². The van der Waals surface area contributed by atoms with Gasteiger partial charge in [0.05, 0.1) is 0 Å². The molecule has 0 bridgehead atoms. The first kappa shape index (κ1) is 7.65. The maximum Gasteiger partial charge on any atom is 0.238 e. The van der Waals surface area contributed by atoms with Crippen LogP contribution in [0.3, 0.4) is 0 Å². The van der Waals surface area contributed by atoms with Gasteiger partial charge in [-0.3, -0.25) is 14.4 Å². The Bertz CT molecular complexity index is 236. The van der Waals surface area contributed by atoms with E-state index in [0.29, 0.717) is 0 Å². The van der Waals surface area contributed by atoms with Crippen LogP contribution < -0.4 is 5.32 Å². The van der Waals surface area contributed by atoms with E-state index in [9.17, 15) is 14.4 Å². The summed E-state index contributed by atoms with van der Waals surface area (Å²) in [6, 6.07) is 0. The standard InChI is InChI=1S/C7H7NO3/c1-8-7(11)6-4(9)2-3-5(6)10/h2-3,6H,1H3,(H,8,11). The van der Waals surface area contributed by atoms with Gasteiger partial charge in [0.2, 0.25) is 5.91 Å². The van der Waals surface area contributed by atoms with E-state index >= 15 is 0 Å². The van der Waals surface area contributed by atoms with Crippen molar-refractivity contribution in [1.82, 2.24) is 5.32 Å². The smallest absolute Gasteiger partial charge is 0.238 e. The normalized spacial score (nSPS) is 17.5. The van der Waals surface area contributed by atoms with Gasteiger partial charge in [0.1, 0.15) is 0 Å². The molecule has 1 amide bonds. The van der Waals surface area contributed by atoms with Crippen LogP contribution in [0.1, 0.15) is 0 Å². The third kappa shape index (κ3) is 1.19. The highest BCUT2D eigenvalue weighted by atomic mass is 16.2. The fraction of sp³-hybridized carbons (Fsp3) is 0.286. The number of nitrogens with one attached hydrogen (secondary N) is 1. The molecular formula is C7H7NO3. The summed E-state index contributed by atoms with van der Waals surface area (Å²) in [6.45, 7) is 0. The van der Waals surface area contributed by atoms with E-state index in [1.54, 1.807) is 0 Å². The number of hydrogen-bond acceptors (Lipinski definition) is 3.